The average Bonchev–Trinajstić information content (AvgIpc) is 2.44. The first kappa shape index (κ1) is 16.4. The van der Waals surface area contributed by atoms with E-state index in [9.17, 15) is 9.59 Å². The Bertz CT molecular complexity index is 556. The Morgan fingerprint density at radius 2 is 1.95 bits per heavy atom. The van der Waals surface area contributed by atoms with E-state index < -0.39 is 0 Å². The van der Waals surface area contributed by atoms with Gasteiger partial charge in [-0.15, -0.1) is 23.5 Å². The molecule has 0 aliphatic carbocycles. The van der Waals surface area contributed by atoms with E-state index in [1.54, 1.807) is 17.8 Å². The largest absolute Gasteiger partial charge is 0.298 e. The van der Waals surface area contributed by atoms with Crippen LogP contribution >= 0.6 is 23.5 Å². The van der Waals surface area contributed by atoms with E-state index in [0.29, 0.717) is 12.2 Å². The minimum Gasteiger partial charge on any atom is -0.298 e. The highest BCUT2D eigenvalue weighted by Crippen LogP contribution is 2.45. The fraction of sp³-hybridized carbons (Fsp3) is 0.412. The predicted octanol–water partition coefficient (Wildman–Crippen LogP) is 4.62. The summed E-state index contributed by atoms with van der Waals surface area (Å²) in [4.78, 5) is 23.9. The molecule has 21 heavy (non-hydrogen) atoms. The maximum absolute atomic E-state index is 12.0. The maximum atomic E-state index is 12.0. The zero-order chi connectivity index (χ0) is 15.5. The van der Waals surface area contributed by atoms with Gasteiger partial charge in [-0.25, -0.2) is 0 Å². The Labute approximate surface area is 134 Å². The molecule has 1 aromatic carbocycles. The molecular weight excluding hydrogens is 300 g/mol. The molecule has 2 rings (SSSR count). The molecule has 1 aliphatic rings. The van der Waals surface area contributed by atoms with Crippen LogP contribution in [0.5, 0.6) is 0 Å². The van der Waals surface area contributed by atoms with Crippen LogP contribution in [0.4, 0.5) is 0 Å². The molecule has 2 nitrogen and oxygen atoms in total. The smallest absolute Gasteiger partial charge is 0.158 e. The van der Waals surface area contributed by atoms with Crippen LogP contribution in [0, 0.1) is 5.41 Å². The lowest BCUT2D eigenvalue weighted by atomic mass is 9.92. The second kappa shape index (κ2) is 6.84. The van der Waals surface area contributed by atoms with Crippen LogP contribution < -0.4 is 0 Å². The highest BCUT2D eigenvalue weighted by Gasteiger charge is 2.25. The molecule has 0 saturated carbocycles. The van der Waals surface area contributed by atoms with Crippen molar-refractivity contribution in [2.75, 3.05) is 5.75 Å². The van der Waals surface area contributed by atoms with Gasteiger partial charge in [0.2, 0.25) is 0 Å². The Balaban J connectivity index is 2.01. The molecule has 0 aromatic heterocycles. The number of ketones is 2. The van der Waals surface area contributed by atoms with E-state index in [0.717, 1.165) is 4.24 Å². The SMILES string of the molecule is CC(C)(C)C(=O)CSC1=CC(=O)C[C@@H](c2ccccc2)S1. The minimum atomic E-state index is -0.324. The fourth-order valence-corrected chi connectivity index (χ4v) is 4.61. The molecule has 112 valence electrons. The van der Waals surface area contributed by atoms with E-state index in [1.165, 1.54) is 17.3 Å². The van der Waals surface area contributed by atoms with Gasteiger partial charge < -0.3 is 0 Å². The summed E-state index contributed by atoms with van der Waals surface area (Å²) in [6.45, 7) is 5.78. The van der Waals surface area contributed by atoms with Gasteiger partial charge in [0, 0.05) is 27.4 Å². The number of Topliss-reactive ketones (excluding diaryl/α,β-unsaturated/α-hetero) is 1. The maximum Gasteiger partial charge on any atom is 0.158 e. The van der Waals surface area contributed by atoms with E-state index in [4.69, 9.17) is 0 Å². The minimum absolute atomic E-state index is 0.147. The molecule has 1 atom stereocenters. The monoisotopic (exact) mass is 320 g/mol. The summed E-state index contributed by atoms with van der Waals surface area (Å²) < 4.78 is 0.956. The van der Waals surface area contributed by atoms with Gasteiger partial charge >= 0.3 is 0 Å². The van der Waals surface area contributed by atoms with Gasteiger partial charge in [-0.1, -0.05) is 51.1 Å². The molecule has 0 unspecified atom stereocenters. The van der Waals surface area contributed by atoms with Crippen molar-refractivity contribution in [2.24, 2.45) is 5.41 Å². The quantitative estimate of drug-likeness (QED) is 0.810. The summed E-state index contributed by atoms with van der Waals surface area (Å²) in [5, 5.41) is 0.163. The summed E-state index contributed by atoms with van der Waals surface area (Å²) in [6.07, 6.45) is 2.22. The van der Waals surface area contributed by atoms with Crippen LogP contribution in [0.2, 0.25) is 0 Å². The second-order valence-corrected chi connectivity index (χ2v) is 8.63. The van der Waals surface area contributed by atoms with Gasteiger partial charge in [-0.2, -0.15) is 0 Å². The van der Waals surface area contributed by atoms with Gasteiger partial charge in [0.1, 0.15) is 5.78 Å². The molecule has 1 aliphatic heterocycles. The molecular formula is C17H20O2S2. The molecule has 1 heterocycles. The summed E-state index contributed by atoms with van der Waals surface area (Å²) in [5.41, 5.74) is 0.847. The van der Waals surface area contributed by atoms with Crippen molar-refractivity contribution in [3.63, 3.8) is 0 Å². The number of allylic oxidation sites excluding steroid dienone is 1. The first-order chi connectivity index (χ1) is 9.86. The zero-order valence-electron chi connectivity index (χ0n) is 12.6. The van der Waals surface area contributed by atoms with E-state index in [2.05, 4.69) is 12.1 Å². The Morgan fingerprint density at radius 3 is 2.57 bits per heavy atom. The number of hydrogen-bond acceptors (Lipinski definition) is 4. The van der Waals surface area contributed by atoms with Crippen LogP contribution in [0.1, 0.15) is 38.0 Å². The van der Waals surface area contributed by atoms with E-state index >= 15 is 0 Å². The van der Waals surface area contributed by atoms with Crippen LogP contribution in [-0.4, -0.2) is 17.3 Å². The van der Waals surface area contributed by atoms with Gasteiger partial charge in [-0.05, 0) is 5.56 Å². The fourth-order valence-electron chi connectivity index (χ4n) is 1.87. The van der Waals surface area contributed by atoms with Crippen molar-refractivity contribution in [3.8, 4) is 0 Å². The number of carbonyl (C=O) groups is 2. The predicted molar refractivity (Wildman–Crippen MR) is 91.4 cm³/mol. The second-order valence-electron chi connectivity index (χ2n) is 6.11. The topological polar surface area (TPSA) is 34.1 Å². The number of hydrogen-bond donors (Lipinski definition) is 0. The van der Waals surface area contributed by atoms with Crippen LogP contribution in [0.25, 0.3) is 0 Å². The summed E-state index contributed by atoms with van der Waals surface area (Å²) in [7, 11) is 0. The van der Waals surface area contributed by atoms with Gasteiger partial charge in [0.15, 0.2) is 5.78 Å². The molecule has 1 aromatic rings. The molecule has 0 saturated heterocycles. The van der Waals surface area contributed by atoms with Crippen LogP contribution in [0.3, 0.4) is 0 Å². The van der Waals surface area contributed by atoms with Crippen molar-refractivity contribution in [1.29, 1.82) is 0 Å². The number of benzene rings is 1. The Kier molecular flexibility index (Phi) is 5.33. The highest BCUT2D eigenvalue weighted by molar-refractivity contribution is 8.22. The van der Waals surface area contributed by atoms with Crippen molar-refractivity contribution < 1.29 is 9.59 Å². The standard InChI is InChI=1S/C17H20O2S2/c1-17(2,3)15(19)11-20-16-10-13(18)9-14(21-16)12-7-5-4-6-8-12/h4-8,10,14H,9,11H2,1-3H3/t14-/m0/s1. The zero-order valence-corrected chi connectivity index (χ0v) is 14.2. The molecule has 4 heteroatoms. The Hall–Kier alpha value is -1.00. The third-order valence-electron chi connectivity index (χ3n) is 3.28. The van der Waals surface area contributed by atoms with E-state index in [1.807, 2.05) is 39.0 Å². The van der Waals surface area contributed by atoms with Gasteiger partial charge in [-0.3, -0.25) is 9.59 Å². The van der Waals surface area contributed by atoms with Gasteiger partial charge in [0.05, 0.1) is 5.75 Å². The van der Waals surface area contributed by atoms with E-state index in [-0.39, 0.29) is 22.2 Å². The summed E-state index contributed by atoms with van der Waals surface area (Å²) >= 11 is 3.18. The molecule has 0 amide bonds. The Morgan fingerprint density at radius 1 is 1.29 bits per heavy atom. The normalized spacial score (nSPS) is 19.3. The lowest BCUT2D eigenvalue weighted by molar-refractivity contribution is -0.123. The molecule has 0 bridgehead atoms. The van der Waals surface area contributed by atoms with Gasteiger partial charge in [0.25, 0.3) is 0 Å². The molecule has 0 spiro atoms. The molecule has 0 radical (unpaired) electrons. The van der Waals surface area contributed by atoms with Crippen LogP contribution in [0.15, 0.2) is 40.6 Å². The average molecular weight is 320 g/mol. The van der Waals surface area contributed by atoms with Crippen LogP contribution in [-0.2, 0) is 9.59 Å². The third kappa shape index (κ3) is 4.75. The van der Waals surface area contributed by atoms with Crippen molar-refractivity contribution in [3.05, 3.63) is 46.2 Å². The molecule has 0 fully saturated rings. The highest BCUT2D eigenvalue weighted by atomic mass is 32.2. The first-order valence-corrected chi connectivity index (χ1v) is 8.85. The molecule has 0 N–H and O–H groups in total. The third-order valence-corrected chi connectivity index (χ3v) is 5.80. The lowest BCUT2D eigenvalue weighted by Crippen LogP contribution is -2.22. The van der Waals surface area contributed by atoms with Crippen molar-refractivity contribution in [1.82, 2.24) is 0 Å². The van der Waals surface area contributed by atoms with Crippen molar-refractivity contribution in [2.45, 2.75) is 32.4 Å². The lowest BCUT2D eigenvalue weighted by Gasteiger charge is -2.22. The summed E-state index contributed by atoms with van der Waals surface area (Å²) in [5.74, 6) is 0.786. The number of thioether (sulfide) groups is 2. The first-order valence-electron chi connectivity index (χ1n) is 6.98. The van der Waals surface area contributed by atoms with Crippen molar-refractivity contribution >= 4 is 35.1 Å². The number of rotatable bonds is 4. The number of carbonyl (C=O) groups excluding carboxylic acids is 2. The summed E-state index contributed by atoms with van der Waals surface area (Å²) in [6, 6.07) is 10.1.